The van der Waals surface area contributed by atoms with E-state index in [1.54, 1.807) is 18.2 Å². The third kappa shape index (κ3) is 4.70. The molecule has 7 heteroatoms. The van der Waals surface area contributed by atoms with Crippen LogP contribution in [0.1, 0.15) is 52.4 Å². The van der Waals surface area contributed by atoms with Crippen molar-refractivity contribution in [3.63, 3.8) is 0 Å². The van der Waals surface area contributed by atoms with E-state index in [0.717, 1.165) is 49.2 Å². The van der Waals surface area contributed by atoms with Crippen LogP contribution in [-0.4, -0.2) is 27.8 Å². The average Bonchev–Trinajstić information content (AvgIpc) is 3.09. The fourth-order valence-corrected chi connectivity index (χ4v) is 3.73. The second-order valence-corrected chi connectivity index (χ2v) is 7.59. The lowest BCUT2D eigenvalue weighted by molar-refractivity contribution is 0.0600. The molecule has 0 amide bonds. The fraction of sp³-hybridized carbons (Fsp3) is 0.280. The highest BCUT2D eigenvalue weighted by molar-refractivity contribution is 5.89. The van der Waals surface area contributed by atoms with Crippen LogP contribution in [0.15, 0.2) is 48.5 Å². The summed E-state index contributed by atoms with van der Waals surface area (Å²) in [4.78, 5) is 11.6. The first-order valence-electron chi connectivity index (χ1n) is 10.6. The maximum Gasteiger partial charge on any atom is 0.337 e. The Morgan fingerprint density at radius 2 is 1.94 bits per heavy atom. The van der Waals surface area contributed by atoms with E-state index in [2.05, 4.69) is 20.8 Å². The van der Waals surface area contributed by atoms with Crippen molar-refractivity contribution in [2.75, 3.05) is 7.11 Å². The highest BCUT2D eigenvalue weighted by atomic mass is 16.5. The van der Waals surface area contributed by atoms with Gasteiger partial charge >= 0.3 is 5.97 Å². The second kappa shape index (κ2) is 9.92. The van der Waals surface area contributed by atoms with Gasteiger partial charge in [-0.15, -0.1) is 10.2 Å². The number of allylic oxidation sites excluding steroid dienone is 1. The van der Waals surface area contributed by atoms with Crippen LogP contribution in [-0.2, 0) is 24.3 Å². The SMILES string of the molecule is COC(=O)c1ccc(COc2ccccc2/C=C(\C#N)c2nnc3n2CCCCC3)cc1. The molecule has 0 radical (unpaired) electrons. The number of rotatable bonds is 6. The molecule has 0 N–H and O–H groups in total. The molecule has 2 aromatic carbocycles. The zero-order valence-corrected chi connectivity index (χ0v) is 18.0. The van der Waals surface area contributed by atoms with Crippen molar-refractivity contribution in [3.05, 3.63) is 76.9 Å². The van der Waals surface area contributed by atoms with Crippen LogP contribution in [0.25, 0.3) is 11.6 Å². The van der Waals surface area contributed by atoms with Gasteiger partial charge in [0.1, 0.15) is 24.3 Å². The van der Waals surface area contributed by atoms with Gasteiger partial charge in [0.25, 0.3) is 0 Å². The monoisotopic (exact) mass is 428 g/mol. The van der Waals surface area contributed by atoms with E-state index >= 15 is 0 Å². The number of benzene rings is 2. The predicted molar refractivity (Wildman–Crippen MR) is 120 cm³/mol. The zero-order chi connectivity index (χ0) is 22.3. The summed E-state index contributed by atoms with van der Waals surface area (Å²) in [5.74, 6) is 1.84. The largest absolute Gasteiger partial charge is 0.488 e. The minimum atomic E-state index is -0.372. The van der Waals surface area contributed by atoms with Gasteiger partial charge in [-0.2, -0.15) is 5.26 Å². The standard InChI is InChI=1S/C25H24N4O3/c1-31-25(30)19-12-10-18(11-13-19)17-32-22-8-5-4-7-20(22)15-21(16-26)24-28-27-23-9-3-2-6-14-29(23)24/h4-5,7-8,10-13,15H,2-3,6,9,14,17H2,1H3/b21-15+. The number of hydrogen-bond donors (Lipinski definition) is 0. The van der Waals surface area contributed by atoms with Gasteiger partial charge in [0.15, 0.2) is 5.82 Å². The highest BCUT2D eigenvalue weighted by Crippen LogP contribution is 2.26. The Labute approximate surface area is 186 Å². The third-order valence-electron chi connectivity index (χ3n) is 5.46. The number of carbonyl (C=O) groups is 1. The predicted octanol–water partition coefficient (Wildman–Crippen LogP) is 4.43. The van der Waals surface area contributed by atoms with Crippen LogP contribution in [0.4, 0.5) is 0 Å². The summed E-state index contributed by atoms with van der Waals surface area (Å²) in [6, 6.07) is 16.9. The van der Waals surface area contributed by atoms with Gasteiger partial charge in [-0.25, -0.2) is 4.79 Å². The lowest BCUT2D eigenvalue weighted by atomic mass is 10.1. The molecule has 1 aromatic heterocycles. The van der Waals surface area contributed by atoms with Crippen LogP contribution < -0.4 is 4.74 Å². The molecule has 0 bridgehead atoms. The Kier molecular flexibility index (Phi) is 6.61. The van der Waals surface area contributed by atoms with Crippen molar-refractivity contribution in [2.45, 2.75) is 38.8 Å². The molecule has 32 heavy (non-hydrogen) atoms. The quantitative estimate of drug-likeness (QED) is 0.426. The maximum absolute atomic E-state index is 11.6. The summed E-state index contributed by atoms with van der Waals surface area (Å²) in [5, 5.41) is 18.5. The van der Waals surface area contributed by atoms with Crippen LogP contribution in [0.3, 0.4) is 0 Å². The van der Waals surface area contributed by atoms with Crippen molar-refractivity contribution in [2.24, 2.45) is 0 Å². The first-order valence-corrected chi connectivity index (χ1v) is 10.6. The number of para-hydroxylation sites is 1. The van der Waals surface area contributed by atoms with Crippen LogP contribution in [0, 0.1) is 11.3 Å². The van der Waals surface area contributed by atoms with Gasteiger partial charge in [0.2, 0.25) is 0 Å². The lowest BCUT2D eigenvalue weighted by Gasteiger charge is -2.11. The minimum Gasteiger partial charge on any atom is -0.488 e. The first-order chi connectivity index (χ1) is 15.7. The second-order valence-electron chi connectivity index (χ2n) is 7.59. The van der Waals surface area contributed by atoms with E-state index in [-0.39, 0.29) is 5.97 Å². The topological polar surface area (TPSA) is 90.0 Å². The Morgan fingerprint density at radius 3 is 2.72 bits per heavy atom. The number of fused-ring (bicyclic) bond motifs is 1. The van der Waals surface area contributed by atoms with E-state index in [9.17, 15) is 10.1 Å². The summed E-state index contributed by atoms with van der Waals surface area (Å²) in [6.07, 6.45) is 6.01. The number of ether oxygens (including phenoxy) is 2. The Morgan fingerprint density at radius 1 is 1.12 bits per heavy atom. The zero-order valence-electron chi connectivity index (χ0n) is 18.0. The summed E-state index contributed by atoms with van der Waals surface area (Å²) in [7, 11) is 1.36. The Balaban J connectivity index is 1.55. The van der Waals surface area contributed by atoms with Gasteiger partial charge in [-0.05, 0) is 42.7 Å². The van der Waals surface area contributed by atoms with E-state index in [4.69, 9.17) is 9.47 Å². The van der Waals surface area contributed by atoms with Gasteiger partial charge in [0.05, 0.1) is 18.2 Å². The molecule has 0 fully saturated rings. The highest BCUT2D eigenvalue weighted by Gasteiger charge is 2.18. The molecular weight excluding hydrogens is 404 g/mol. The number of nitriles is 1. The molecular formula is C25H24N4O3. The van der Waals surface area contributed by atoms with Crippen molar-refractivity contribution in [1.29, 1.82) is 5.26 Å². The molecule has 0 atom stereocenters. The van der Waals surface area contributed by atoms with Crippen molar-refractivity contribution < 1.29 is 14.3 Å². The number of aryl methyl sites for hydroxylation is 1. The van der Waals surface area contributed by atoms with E-state index < -0.39 is 0 Å². The molecule has 4 rings (SSSR count). The summed E-state index contributed by atoms with van der Waals surface area (Å²) in [6.45, 7) is 1.16. The molecule has 0 saturated heterocycles. The molecule has 2 heterocycles. The van der Waals surface area contributed by atoms with Gasteiger partial charge in [-0.3, -0.25) is 0 Å². The van der Waals surface area contributed by atoms with Crippen molar-refractivity contribution >= 4 is 17.6 Å². The fourth-order valence-electron chi connectivity index (χ4n) is 3.73. The summed E-state index contributed by atoms with van der Waals surface area (Å²) >= 11 is 0. The number of carbonyl (C=O) groups excluding carboxylic acids is 1. The minimum absolute atomic E-state index is 0.328. The average molecular weight is 428 g/mol. The Hall–Kier alpha value is -3.92. The molecule has 0 spiro atoms. The lowest BCUT2D eigenvalue weighted by Crippen LogP contribution is -2.05. The van der Waals surface area contributed by atoms with Gasteiger partial charge < -0.3 is 14.0 Å². The number of methoxy groups -OCH3 is 1. The smallest absolute Gasteiger partial charge is 0.337 e. The van der Waals surface area contributed by atoms with E-state index in [1.807, 2.05) is 36.4 Å². The number of hydrogen-bond acceptors (Lipinski definition) is 6. The van der Waals surface area contributed by atoms with Crippen LogP contribution in [0.5, 0.6) is 5.75 Å². The van der Waals surface area contributed by atoms with Crippen molar-refractivity contribution in [1.82, 2.24) is 14.8 Å². The molecule has 162 valence electrons. The van der Waals surface area contributed by atoms with Crippen LogP contribution >= 0.6 is 0 Å². The summed E-state index contributed by atoms with van der Waals surface area (Å²) < 4.78 is 12.8. The normalized spacial score (nSPS) is 13.6. The molecule has 1 aliphatic heterocycles. The van der Waals surface area contributed by atoms with E-state index in [1.165, 1.54) is 7.11 Å². The number of esters is 1. The molecule has 0 aliphatic carbocycles. The molecule has 0 saturated carbocycles. The third-order valence-corrected chi connectivity index (χ3v) is 5.46. The maximum atomic E-state index is 11.6. The molecule has 3 aromatic rings. The van der Waals surface area contributed by atoms with E-state index in [0.29, 0.717) is 29.3 Å². The van der Waals surface area contributed by atoms with Gasteiger partial charge in [-0.1, -0.05) is 36.8 Å². The first kappa shape index (κ1) is 21.3. The van der Waals surface area contributed by atoms with Gasteiger partial charge in [0, 0.05) is 18.5 Å². The summed E-state index contributed by atoms with van der Waals surface area (Å²) in [5.41, 5.74) is 2.66. The number of aromatic nitrogens is 3. The van der Waals surface area contributed by atoms with Crippen molar-refractivity contribution in [3.8, 4) is 11.8 Å². The number of nitrogens with zero attached hydrogens (tertiary/aromatic N) is 4. The molecule has 7 nitrogen and oxygen atoms in total. The molecule has 1 aliphatic rings. The van der Waals surface area contributed by atoms with Crippen LogP contribution in [0.2, 0.25) is 0 Å². The Bertz CT molecular complexity index is 1170. The molecule has 0 unspecified atom stereocenters.